The van der Waals surface area contributed by atoms with E-state index in [1.54, 1.807) is 24.3 Å². The van der Waals surface area contributed by atoms with Gasteiger partial charge in [-0.25, -0.2) is 4.79 Å². The van der Waals surface area contributed by atoms with Gasteiger partial charge in [-0.1, -0.05) is 12.1 Å². The molecular formula is C14H16N4O5. The largest absolute Gasteiger partial charge is 0.480 e. The van der Waals surface area contributed by atoms with E-state index in [0.717, 1.165) is 5.56 Å². The number of rotatable bonds is 6. The number of carbonyl (C=O) groups is 4. The second kappa shape index (κ2) is 6.88. The fourth-order valence-corrected chi connectivity index (χ4v) is 2.07. The van der Waals surface area contributed by atoms with E-state index in [9.17, 15) is 19.2 Å². The SMILES string of the molecule is N[C@@H](Cc1ccc(NC(=O)CC2NC(=O)NC2=O)cc1)C(=O)O. The average Bonchev–Trinajstić information content (AvgIpc) is 2.78. The van der Waals surface area contributed by atoms with E-state index >= 15 is 0 Å². The van der Waals surface area contributed by atoms with Crippen LogP contribution >= 0.6 is 0 Å². The number of aliphatic carboxylic acids is 1. The summed E-state index contributed by atoms with van der Waals surface area (Å²) in [7, 11) is 0. The van der Waals surface area contributed by atoms with E-state index in [1.165, 1.54) is 0 Å². The van der Waals surface area contributed by atoms with Crippen LogP contribution in [0.2, 0.25) is 0 Å². The molecule has 4 amide bonds. The summed E-state index contributed by atoms with van der Waals surface area (Å²) < 4.78 is 0. The summed E-state index contributed by atoms with van der Waals surface area (Å²) in [5, 5.41) is 15.7. The van der Waals surface area contributed by atoms with Crippen molar-refractivity contribution in [3.63, 3.8) is 0 Å². The molecule has 1 unspecified atom stereocenters. The van der Waals surface area contributed by atoms with Crippen LogP contribution in [0.5, 0.6) is 0 Å². The Bertz CT molecular complexity index is 643. The van der Waals surface area contributed by atoms with Gasteiger partial charge in [-0.05, 0) is 24.1 Å². The Labute approximate surface area is 131 Å². The van der Waals surface area contributed by atoms with E-state index in [4.69, 9.17) is 10.8 Å². The molecule has 0 radical (unpaired) electrons. The lowest BCUT2D eigenvalue weighted by molar-refractivity contribution is -0.138. The summed E-state index contributed by atoms with van der Waals surface area (Å²) in [6, 6.07) is 4.04. The number of carbonyl (C=O) groups excluding carboxylic acids is 3. The Balaban J connectivity index is 1.88. The molecule has 0 spiro atoms. The van der Waals surface area contributed by atoms with Crippen molar-refractivity contribution >= 4 is 29.5 Å². The number of imide groups is 1. The molecule has 1 fully saturated rings. The molecule has 0 saturated carbocycles. The van der Waals surface area contributed by atoms with Crippen molar-refractivity contribution in [2.75, 3.05) is 5.32 Å². The molecule has 9 heteroatoms. The van der Waals surface area contributed by atoms with Gasteiger partial charge in [0.15, 0.2) is 0 Å². The van der Waals surface area contributed by atoms with Crippen LogP contribution in [-0.2, 0) is 20.8 Å². The van der Waals surface area contributed by atoms with E-state index in [1.807, 2.05) is 5.32 Å². The van der Waals surface area contributed by atoms with Crippen LogP contribution in [-0.4, -0.2) is 41.0 Å². The molecule has 2 atom stereocenters. The highest BCUT2D eigenvalue weighted by Gasteiger charge is 2.31. The molecule has 1 aromatic carbocycles. The van der Waals surface area contributed by atoms with Gasteiger partial charge in [0.05, 0.1) is 6.42 Å². The van der Waals surface area contributed by atoms with E-state index < -0.39 is 35.9 Å². The predicted octanol–water partition coefficient (Wildman–Crippen LogP) is -0.822. The Hall–Kier alpha value is -2.94. The topological polar surface area (TPSA) is 151 Å². The van der Waals surface area contributed by atoms with Crippen LogP contribution in [0.25, 0.3) is 0 Å². The summed E-state index contributed by atoms with van der Waals surface area (Å²) in [5.41, 5.74) is 6.66. The Morgan fingerprint density at radius 1 is 1.26 bits per heavy atom. The minimum atomic E-state index is -1.08. The molecule has 1 heterocycles. The van der Waals surface area contributed by atoms with Crippen molar-refractivity contribution in [1.29, 1.82) is 0 Å². The highest BCUT2D eigenvalue weighted by molar-refractivity contribution is 6.06. The number of carboxylic acids is 1. The lowest BCUT2D eigenvalue weighted by atomic mass is 10.1. The molecule has 2 rings (SSSR count). The van der Waals surface area contributed by atoms with Gasteiger partial charge in [-0.15, -0.1) is 0 Å². The lowest BCUT2D eigenvalue weighted by Gasteiger charge is -2.10. The minimum Gasteiger partial charge on any atom is -0.480 e. The number of urea groups is 1. The first-order chi connectivity index (χ1) is 10.8. The van der Waals surface area contributed by atoms with E-state index in [2.05, 4.69) is 10.6 Å². The molecule has 1 aliphatic heterocycles. The Morgan fingerprint density at radius 3 is 2.43 bits per heavy atom. The van der Waals surface area contributed by atoms with Crippen LogP contribution in [0.3, 0.4) is 0 Å². The molecule has 0 bridgehead atoms. The lowest BCUT2D eigenvalue weighted by Crippen LogP contribution is -2.33. The van der Waals surface area contributed by atoms with Crippen LogP contribution in [0, 0.1) is 0 Å². The van der Waals surface area contributed by atoms with Gasteiger partial charge < -0.3 is 21.5 Å². The summed E-state index contributed by atoms with van der Waals surface area (Å²) in [6.45, 7) is 0. The highest BCUT2D eigenvalue weighted by Crippen LogP contribution is 2.12. The van der Waals surface area contributed by atoms with E-state index in [0.29, 0.717) is 5.69 Å². The number of anilines is 1. The number of nitrogens with one attached hydrogen (secondary N) is 3. The molecule has 1 aromatic rings. The van der Waals surface area contributed by atoms with Crippen molar-refractivity contribution in [2.24, 2.45) is 5.73 Å². The van der Waals surface area contributed by atoms with Crippen LogP contribution in [0.1, 0.15) is 12.0 Å². The van der Waals surface area contributed by atoms with Crippen molar-refractivity contribution in [3.8, 4) is 0 Å². The fraction of sp³-hybridized carbons (Fsp3) is 0.286. The predicted molar refractivity (Wildman–Crippen MR) is 79.5 cm³/mol. The molecule has 1 aliphatic rings. The second-order valence-corrected chi connectivity index (χ2v) is 5.11. The van der Waals surface area contributed by atoms with Crippen LogP contribution < -0.4 is 21.7 Å². The minimum absolute atomic E-state index is 0.177. The zero-order chi connectivity index (χ0) is 17.0. The van der Waals surface area contributed by atoms with Crippen molar-refractivity contribution < 1.29 is 24.3 Å². The Morgan fingerprint density at radius 2 is 1.91 bits per heavy atom. The summed E-state index contributed by atoms with van der Waals surface area (Å²) in [4.78, 5) is 44.8. The molecule has 23 heavy (non-hydrogen) atoms. The molecule has 6 N–H and O–H groups in total. The van der Waals surface area contributed by atoms with E-state index in [-0.39, 0.29) is 12.8 Å². The standard InChI is InChI=1S/C14H16N4O5/c15-9(13(21)22)5-7-1-3-8(4-2-7)16-11(19)6-10-12(20)18-14(23)17-10/h1-4,9-10H,5-6,15H2,(H,16,19)(H,21,22)(H2,17,18,20,23)/t9-,10?/m0/s1. The van der Waals surface area contributed by atoms with Gasteiger partial charge >= 0.3 is 12.0 Å². The first-order valence-electron chi connectivity index (χ1n) is 6.83. The first kappa shape index (κ1) is 16.4. The van der Waals surface area contributed by atoms with Gasteiger partial charge in [0.1, 0.15) is 12.1 Å². The Kier molecular flexibility index (Phi) is 4.91. The number of amides is 4. The molecule has 0 aromatic heterocycles. The number of carboxylic acid groups (broad SMARTS) is 1. The van der Waals surface area contributed by atoms with Gasteiger partial charge in [0, 0.05) is 5.69 Å². The fourth-order valence-electron chi connectivity index (χ4n) is 2.07. The number of nitrogens with two attached hydrogens (primary N) is 1. The summed E-state index contributed by atoms with van der Waals surface area (Å²) in [5.74, 6) is -2.05. The number of hydrogen-bond donors (Lipinski definition) is 5. The molecule has 9 nitrogen and oxygen atoms in total. The van der Waals surface area contributed by atoms with Crippen LogP contribution in [0.15, 0.2) is 24.3 Å². The monoisotopic (exact) mass is 320 g/mol. The molecular weight excluding hydrogens is 304 g/mol. The maximum Gasteiger partial charge on any atom is 0.322 e. The highest BCUT2D eigenvalue weighted by atomic mass is 16.4. The van der Waals surface area contributed by atoms with Gasteiger partial charge in [-0.3, -0.25) is 19.7 Å². The van der Waals surface area contributed by atoms with Crippen molar-refractivity contribution in [1.82, 2.24) is 10.6 Å². The second-order valence-electron chi connectivity index (χ2n) is 5.11. The van der Waals surface area contributed by atoms with Crippen molar-refractivity contribution in [3.05, 3.63) is 29.8 Å². The normalized spacial score (nSPS) is 18.0. The number of benzene rings is 1. The summed E-state index contributed by atoms with van der Waals surface area (Å²) in [6.07, 6.45) is 0.00104. The van der Waals surface area contributed by atoms with Crippen LogP contribution in [0.4, 0.5) is 10.5 Å². The smallest absolute Gasteiger partial charge is 0.322 e. The zero-order valence-corrected chi connectivity index (χ0v) is 12.0. The third kappa shape index (κ3) is 4.51. The summed E-state index contributed by atoms with van der Waals surface area (Å²) >= 11 is 0. The van der Waals surface area contributed by atoms with Gasteiger partial charge in [0.25, 0.3) is 5.91 Å². The molecule has 0 aliphatic carbocycles. The third-order valence-electron chi connectivity index (χ3n) is 3.26. The first-order valence-corrected chi connectivity index (χ1v) is 6.83. The number of hydrogen-bond acceptors (Lipinski definition) is 5. The zero-order valence-electron chi connectivity index (χ0n) is 12.0. The third-order valence-corrected chi connectivity index (χ3v) is 3.26. The maximum absolute atomic E-state index is 11.8. The van der Waals surface area contributed by atoms with Gasteiger partial charge in [0.2, 0.25) is 5.91 Å². The maximum atomic E-state index is 11.8. The average molecular weight is 320 g/mol. The molecule has 1 saturated heterocycles. The van der Waals surface area contributed by atoms with Crippen molar-refractivity contribution in [2.45, 2.75) is 24.9 Å². The molecule has 122 valence electrons. The van der Waals surface area contributed by atoms with Gasteiger partial charge in [-0.2, -0.15) is 0 Å². The quantitative estimate of drug-likeness (QED) is 0.432.